The molecule has 0 aliphatic heterocycles. The molecule has 2 heteroatoms. The highest BCUT2D eigenvalue weighted by molar-refractivity contribution is 5.77. The number of fused-ring (bicyclic) bond motifs is 1. The first-order valence-electron chi connectivity index (χ1n) is 9.63. The first-order chi connectivity index (χ1) is 12.2. The van der Waals surface area contributed by atoms with Gasteiger partial charge in [-0.05, 0) is 64.6 Å². The van der Waals surface area contributed by atoms with Gasteiger partial charge in [-0.25, -0.2) is 0 Å². The smallest absolute Gasteiger partial charge is 0.126 e. The molecule has 2 aromatic carbocycles. The van der Waals surface area contributed by atoms with Gasteiger partial charge in [-0.1, -0.05) is 52.8 Å². The number of hydrogen-bond acceptors (Lipinski definition) is 2. The van der Waals surface area contributed by atoms with E-state index in [0.717, 1.165) is 23.3 Å². The van der Waals surface area contributed by atoms with Gasteiger partial charge in [0.25, 0.3) is 0 Å². The molecule has 2 aromatic rings. The van der Waals surface area contributed by atoms with Crippen LogP contribution in [0.4, 0.5) is 0 Å². The van der Waals surface area contributed by atoms with Crippen LogP contribution in [0.3, 0.4) is 0 Å². The summed E-state index contributed by atoms with van der Waals surface area (Å²) in [6.45, 7) is 11.1. The van der Waals surface area contributed by atoms with E-state index in [2.05, 4.69) is 58.9 Å². The summed E-state index contributed by atoms with van der Waals surface area (Å²) in [7, 11) is 1.74. The van der Waals surface area contributed by atoms with E-state index in [4.69, 9.17) is 4.74 Å². The Kier molecular flexibility index (Phi) is 4.92. The minimum atomic E-state index is -0.278. The number of aryl methyl sites for hydroxylation is 2. The first-order valence-corrected chi connectivity index (χ1v) is 9.63. The Balaban J connectivity index is 2.27. The highest BCUT2D eigenvalue weighted by Gasteiger charge is 2.26. The molecule has 0 fully saturated rings. The van der Waals surface area contributed by atoms with Gasteiger partial charge >= 0.3 is 0 Å². The summed E-state index contributed by atoms with van der Waals surface area (Å²) in [5.41, 5.74) is 7.66. The standard InChI is InChI=1S/C24H32O2/c1-23(2,3)21-13-17-9-7-8-16(17)12-19(21)20-14-18(24(4,5)15-25)10-11-22(20)26-6/h10-14,25H,7-9,15H2,1-6H3. The largest absolute Gasteiger partial charge is 0.496 e. The van der Waals surface area contributed by atoms with Crippen molar-refractivity contribution in [3.63, 3.8) is 0 Å². The normalized spacial score (nSPS) is 14.4. The van der Waals surface area contributed by atoms with Crippen molar-refractivity contribution in [2.45, 2.75) is 64.7 Å². The number of hydrogen-bond donors (Lipinski definition) is 1. The van der Waals surface area contributed by atoms with Gasteiger partial charge in [0, 0.05) is 11.0 Å². The molecule has 1 aliphatic carbocycles. The maximum absolute atomic E-state index is 9.81. The summed E-state index contributed by atoms with van der Waals surface area (Å²) < 4.78 is 5.73. The van der Waals surface area contributed by atoms with Crippen molar-refractivity contribution in [2.24, 2.45) is 0 Å². The molecule has 0 unspecified atom stereocenters. The molecule has 0 saturated carbocycles. The summed E-state index contributed by atoms with van der Waals surface area (Å²) >= 11 is 0. The van der Waals surface area contributed by atoms with E-state index in [1.54, 1.807) is 7.11 Å². The second-order valence-corrected chi connectivity index (χ2v) is 9.23. The average Bonchev–Trinajstić information content (AvgIpc) is 3.06. The Bertz CT molecular complexity index is 810. The molecule has 0 radical (unpaired) electrons. The lowest BCUT2D eigenvalue weighted by Crippen LogP contribution is -2.22. The highest BCUT2D eigenvalue weighted by Crippen LogP contribution is 2.42. The molecule has 2 nitrogen and oxygen atoms in total. The SMILES string of the molecule is COc1ccc(C(C)(C)CO)cc1-c1cc2c(cc1C(C)(C)C)CCC2. The van der Waals surface area contributed by atoms with Crippen molar-refractivity contribution in [3.8, 4) is 16.9 Å². The van der Waals surface area contributed by atoms with E-state index in [1.807, 2.05) is 6.07 Å². The number of aliphatic hydroxyl groups excluding tert-OH is 1. The van der Waals surface area contributed by atoms with Crippen LogP contribution in [0.25, 0.3) is 11.1 Å². The van der Waals surface area contributed by atoms with Gasteiger partial charge in [-0.15, -0.1) is 0 Å². The monoisotopic (exact) mass is 352 g/mol. The second kappa shape index (κ2) is 6.74. The third kappa shape index (κ3) is 3.40. The molecule has 0 aromatic heterocycles. The van der Waals surface area contributed by atoms with Gasteiger partial charge in [0.1, 0.15) is 5.75 Å². The fourth-order valence-electron chi connectivity index (χ4n) is 3.90. The van der Waals surface area contributed by atoms with Gasteiger partial charge in [-0.3, -0.25) is 0 Å². The zero-order valence-electron chi connectivity index (χ0n) is 17.1. The molecule has 26 heavy (non-hydrogen) atoms. The van der Waals surface area contributed by atoms with Crippen LogP contribution < -0.4 is 4.74 Å². The lowest BCUT2D eigenvalue weighted by Gasteiger charge is -2.27. The van der Waals surface area contributed by atoms with Crippen LogP contribution in [0, 0.1) is 0 Å². The number of ether oxygens (including phenoxy) is 1. The molecule has 1 N–H and O–H groups in total. The molecule has 0 atom stereocenters. The molecule has 0 saturated heterocycles. The van der Waals surface area contributed by atoms with E-state index in [1.165, 1.54) is 35.1 Å². The number of rotatable bonds is 4. The Hall–Kier alpha value is -1.80. The predicted octanol–water partition coefficient (Wildman–Crippen LogP) is 5.42. The second-order valence-electron chi connectivity index (χ2n) is 9.23. The van der Waals surface area contributed by atoms with Crippen molar-refractivity contribution < 1.29 is 9.84 Å². The van der Waals surface area contributed by atoms with E-state index in [-0.39, 0.29) is 17.4 Å². The lowest BCUT2D eigenvalue weighted by molar-refractivity contribution is 0.218. The van der Waals surface area contributed by atoms with Crippen LogP contribution >= 0.6 is 0 Å². The quantitative estimate of drug-likeness (QED) is 0.796. The van der Waals surface area contributed by atoms with E-state index >= 15 is 0 Å². The Morgan fingerprint density at radius 2 is 1.58 bits per heavy atom. The van der Waals surface area contributed by atoms with Crippen molar-refractivity contribution in [1.29, 1.82) is 0 Å². The fraction of sp³-hybridized carbons (Fsp3) is 0.500. The average molecular weight is 353 g/mol. The van der Waals surface area contributed by atoms with Crippen molar-refractivity contribution in [1.82, 2.24) is 0 Å². The maximum atomic E-state index is 9.81. The van der Waals surface area contributed by atoms with E-state index < -0.39 is 0 Å². The maximum Gasteiger partial charge on any atom is 0.126 e. The molecule has 0 heterocycles. The first kappa shape index (κ1) is 19.0. The Morgan fingerprint density at radius 1 is 0.923 bits per heavy atom. The van der Waals surface area contributed by atoms with Crippen LogP contribution in [-0.2, 0) is 23.7 Å². The lowest BCUT2D eigenvalue weighted by atomic mass is 9.78. The van der Waals surface area contributed by atoms with E-state index in [9.17, 15) is 5.11 Å². The van der Waals surface area contributed by atoms with Gasteiger partial charge in [0.05, 0.1) is 13.7 Å². The number of aliphatic hydroxyl groups is 1. The summed E-state index contributed by atoms with van der Waals surface area (Å²) in [4.78, 5) is 0. The van der Waals surface area contributed by atoms with Gasteiger partial charge < -0.3 is 9.84 Å². The minimum Gasteiger partial charge on any atom is -0.496 e. The third-order valence-electron chi connectivity index (χ3n) is 5.71. The summed E-state index contributed by atoms with van der Waals surface area (Å²) in [5, 5.41) is 9.81. The minimum absolute atomic E-state index is 0.0560. The zero-order chi connectivity index (χ0) is 19.1. The van der Waals surface area contributed by atoms with E-state index in [0.29, 0.717) is 0 Å². The van der Waals surface area contributed by atoms with Gasteiger partial charge in [0.2, 0.25) is 0 Å². The van der Waals surface area contributed by atoms with Gasteiger partial charge in [-0.2, -0.15) is 0 Å². The Morgan fingerprint density at radius 3 is 2.15 bits per heavy atom. The summed E-state index contributed by atoms with van der Waals surface area (Å²) in [6.07, 6.45) is 3.60. The van der Waals surface area contributed by atoms with Crippen LogP contribution in [0.1, 0.15) is 63.3 Å². The van der Waals surface area contributed by atoms with Crippen molar-refractivity contribution >= 4 is 0 Å². The Labute approximate surface area is 158 Å². The topological polar surface area (TPSA) is 29.5 Å². The number of benzene rings is 2. The van der Waals surface area contributed by atoms with Crippen LogP contribution in [0.15, 0.2) is 30.3 Å². The molecular weight excluding hydrogens is 320 g/mol. The van der Waals surface area contributed by atoms with Crippen molar-refractivity contribution in [3.05, 3.63) is 52.6 Å². The molecule has 0 bridgehead atoms. The third-order valence-corrected chi connectivity index (χ3v) is 5.71. The molecular formula is C24H32O2. The molecule has 1 aliphatic rings. The van der Waals surface area contributed by atoms with Crippen LogP contribution in [0.2, 0.25) is 0 Å². The van der Waals surface area contributed by atoms with Crippen LogP contribution in [-0.4, -0.2) is 18.8 Å². The summed E-state index contributed by atoms with van der Waals surface area (Å²) in [5.74, 6) is 0.894. The molecule has 140 valence electrons. The predicted molar refractivity (Wildman–Crippen MR) is 109 cm³/mol. The number of methoxy groups -OCH3 is 1. The van der Waals surface area contributed by atoms with Gasteiger partial charge in [0.15, 0.2) is 0 Å². The fourth-order valence-corrected chi connectivity index (χ4v) is 3.90. The van der Waals surface area contributed by atoms with Crippen molar-refractivity contribution in [2.75, 3.05) is 13.7 Å². The highest BCUT2D eigenvalue weighted by atomic mass is 16.5. The van der Waals surface area contributed by atoms with Crippen LogP contribution in [0.5, 0.6) is 5.75 Å². The zero-order valence-corrected chi connectivity index (χ0v) is 17.1. The molecule has 3 rings (SSSR count). The molecule has 0 spiro atoms. The molecule has 0 amide bonds. The summed E-state index contributed by atoms with van der Waals surface area (Å²) in [6, 6.07) is 11.1.